The van der Waals surface area contributed by atoms with Crippen LogP contribution in [0.2, 0.25) is 0 Å². The van der Waals surface area contributed by atoms with Crippen molar-refractivity contribution < 1.29 is 4.79 Å². The van der Waals surface area contributed by atoms with Gasteiger partial charge in [0.25, 0.3) is 5.91 Å². The molecular weight excluding hydrogens is 260 g/mol. The Labute approximate surface area is 117 Å². The Kier molecular flexibility index (Phi) is 4.66. The molecule has 1 amide bonds. The van der Waals surface area contributed by atoms with Gasteiger partial charge in [0.2, 0.25) is 0 Å². The van der Waals surface area contributed by atoms with Gasteiger partial charge < -0.3 is 10.7 Å². The van der Waals surface area contributed by atoms with E-state index >= 15 is 0 Å². The van der Waals surface area contributed by atoms with Crippen molar-refractivity contribution in [1.29, 1.82) is 0 Å². The summed E-state index contributed by atoms with van der Waals surface area (Å²) in [6.45, 7) is 0.703. The van der Waals surface area contributed by atoms with E-state index in [2.05, 4.69) is 22.0 Å². The van der Waals surface area contributed by atoms with Gasteiger partial charge in [-0.15, -0.1) is 0 Å². The lowest BCUT2D eigenvalue weighted by molar-refractivity contribution is 0.0944. The molecule has 0 spiro atoms. The second kappa shape index (κ2) is 6.25. The number of hydrogen-bond acceptors (Lipinski definition) is 5. The molecule has 1 fully saturated rings. The van der Waals surface area contributed by atoms with Gasteiger partial charge in [0, 0.05) is 17.5 Å². The molecule has 0 aliphatic heterocycles. The van der Waals surface area contributed by atoms with E-state index in [9.17, 15) is 4.79 Å². The molecule has 0 bridgehead atoms. The van der Waals surface area contributed by atoms with Gasteiger partial charge in [-0.1, -0.05) is 12.8 Å². The number of anilines is 1. The summed E-state index contributed by atoms with van der Waals surface area (Å²) in [4.78, 5) is 16.1. The first-order valence-electron chi connectivity index (χ1n) is 6.45. The molecule has 0 aromatic carbocycles. The third-order valence-corrected chi connectivity index (χ3v) is 5.10. The molecule has 19 heavy (non-hydrogen) atoms. The summed E-state index contributed by atoms with van der Waals surface area (Å²) in [5.74, 6) is 5.18. The van der Waals surface area contributed by atoms with E-state index in [-0.39, 0.29) is 10.7 Å². The van der Waals surface area contributed by atoms with Gasteiger partial charge in [0.15, 0.2) is 0 Å². The van der Waals surface area contributed by atoms with Crippen LogP contribution in [0.4, 0.5) is 5.69 Å². The third kappa shape index (κ3) is 3.39. The van der Waals surface area contributed by atoms with Crippen LogP contribution in [0.1, 0.15) is 36.2 Å². The molecule has 0 unspecified atom stereocenters. The maximum Gasteiger partial charge on any atom is 0.270 e. The zero-order valence-corrected chi connectivity index (χ0v) is 11.9. The molecule has 1 aromatic heterocycles. The number of amides is 1. The molecule has 0 saturated heterocycles. The second-order valence-electron chi connectivity index (χ2n) is 4.85. The Hall–Kier alpha value is -1.27. The molecule has 104 valence electrons. The number of hydrazine groups is 1. The maximum atomic E-state index is 12.1. The highest BCUT2D eigenvalue weighted by molar-refractivity contribution is 8.00. The lowest BCUT2D eigenvalue weighted by Gasteiger charge is -2.26. The van der Waals surface area contributed by atoms with Crippen LogP contribution >= 0.6 is 11.8 Å². The predicted octanol–water partition coefficient (Wildman–Crippen LogP) is 1.77. The van der Waals surface area contributed by atoms with Crippen molar-refractivity contribution in [2.24, 2.45) is 5.84 Å². The molecule has 1 aromatic rings. The Morgan fingerprint density at radius 3 is 2.89 bits per heavy atom. The van der Waals surface area contributed by atoms with E-state index in [4.69, 9.17) is 5.84 Å². The normalized spacial score (nSPS) is 17.2. The number of hydrogen-bond donors (Lipinski definition) is 3. The largest absolute Gasteiger partial charge is 0.349 e. The lowest BCUT2D eigenvalue weighted by atomic mass is 10.1. The van der Waals surface area contributed by atoms with E-state index in [0.717, 1.165) is 0 Å². The monoisotopic (exact) mass is 280 g/mol. The summed E-state index contributed by atoms with van der Waals surface area (Å²) in [7, 11) is 0. The minimum absolute atomic E-state index is 0.141. The number of carbonyl (C=O) groups is 1. The van der Waals surface area contributed by atoms with Gasteiger partial charge in [0.1, 0.15) is 5.69 Å². The number of thioether (sulfide) groups is 1. The fourth-order valence-corrected chi connectivity index (χ4v) is 3.36. The van der Waals surface area contributed by atoms with Crippen LogP contribution in [-0.2, 0) is 0 Å². The van der Waals surface area contributed by atoms with Crippen molar-refractivity contribution in [3.8, 4) is 0 Å². The molecule has 0 radical (unpaired) electrons. The summed E-state index contributed by atoms with van der Waals surface area (Å²) in [6, 6.07) is 3.37. The van der Waals surface area contributed by atoms with Crippen molar-refractivity contribution in [3.63, 3.8) is 0 Å². The van der Waals surface area contributed by atoms with Crippen molar-refractivity contribution in [2.75, 3.05) is 18.2 Å². The third-order valence-electron chi connectivity index (χ3n) is 3.68. The van der Waals surface area contributed by atoms with E-state index in [1.165, 1.54) is 25.7 Å². The summed E-state index contributed by atoms with van der Waals surface area (Å²) in [5, 5.41) is 2.99. The maximum absolute atomic E-state index is 12.1. The molecule has 1 saturated carbocycles. The Balaban J connectivity index is 1.97. The first-order chi connectivity index (χ1) is 9.19. The molecule has 4 N–H and O–H groups in total. The summed E-state index contributed by atoms with van der Waals surface area (Å²) in [5.41, 5.74) is 3.59. The Morgan fingerprint density at radius 2 is 2.26 bits per heavy atom. The number of aromatic nitrogens is 1. The summed E-state index contributed by atoms with van der Waals surface area (Å²) in [6.07, 6.45) is 8.54. The number of carbonyl (C=O) groups excluding carboxylic acids is 1. The minimum atomic E-state index is -0.141. The SMILES string of the molecule is CSC1(CNC(=O)c2cc(NN)ccn2)CCCC1. The van der Waals surface area contributed by atoms with E-state index < -0.39 is 0 Å². The second-order valence-corrected chi connectivity index (χ2v) is 6.13. The van der Waals surface area contributed by atoms with Gasteiger partial charge in [-0.3, -0.25) is 15.6 Å². The van der Waals surface area contributed by atoms with Gasteiger partial charge in [-0.05, 0) is 31.2 Å². The van der Waals surface area contributed by atoms with Crippen LogP contribution < -0.4 is 16.6 Å². The quantitative estimate of drug-likeness (QED) is 0.566. The molecule has 1 aliphatic carbocycles. The van der Waals surface area contributed by atoms with E-state index in [0.29, 0.717) is 17.9 Å². The molecule has 6 heteroatoms. The average Bonchev–Trinajstić information content (AvgIpc) is 2.94. The highest BCUT2D eigenvalue weighted by Crippen LogP contribution is 2.39. The smallest absolute Gasteiger partial charge is 0.270 e. The molecule has 0 atom stereocenters. The van der Waals surface area contributed by atoms with E-state index in [1.54, 1.807) is 18.3 Å². The summed E-state index contributed by atoms with van der Waals surface area (Å²) < 4.78 is 0.208. The molecule has 2 rings (SSSR count). The highest BCUT2D eigenvalue weighted by atomic mass is 32.2. The first-order valence-corrected chi connectivity index (χ1v) is 7.68. The van der Waals surface area contributed by atoms with Gasteiger partial charge in [-0.2, -0.15) is 11.8 Å². The zero-order chi connectivity index (χ0) is 13.7. The van der Waals surface area contributed by atoms with Crippen LogP contribution in [0.15, 0.2) is 18.3 Å². The number of nitrogens with zero attached hydrogens (tertiary/aromatic N) is 1. The lowest BCUT2D eigenvalue weighted by Crippen LogP contribution is -2.38. The summed E-state index contributed by atoms with van der Waals surface area (Å²) >= 11 is 1.86. The molecule has 1 heterocycles. The van der Waals surface area contributed by atoms with Crippen LogP contribution in [0.5, 0.6) is 0 Å². The molecule has 5 nitrogen and oxygen atoms in total. The van der Waals surface area contributed by atoms with Gasteiger partial charge in [-0.25, -0.2) is 0 Å². The molecular formula is C13H20N4OS. The average molecular weight is 280 g/mol. The number of nitrogens with one attached hydrogen (secondary N) is 2. The van der Waals surface area contributed by atoms with E-state index in [1.807, 2.05) is 11.8 Å². The van der Waals surface area contributed by atoms with Crippen molar-refractivity contribution in [1.82, 2.24) is 10.3 Å². The van der Waals surface area contributed by atoms with Crippen molar-refractivity contribution in [2.45, 2.75) is 30.4 Å². The highest BCUT2D eigenvalue weighted by Gasteiger charge is 2.33. The van der Waals surface area contributed by atoms with Gasteiger partial charge in [0.05, 0.1) is 5.69 Å². The van der Waals surface area contributed by atoms with Crippen LogP contribution in [0.3, 0.4) is 0 Å². The Bertz CT molecular complexity index is 446. The zero-order valence-electron chi connectivity index (χ0n) is 11.1. The van der Waals surface area contributed by atoms with Gasteiger partial charge >= 0.3 is 0 Å². The number of nitrogen functional groups attached to an aromatic ring is 1. The van der Waals surface area contributed by atoms with Crippen LogP contribution in [-0.4, -0.2) is 28.4 Å². The topological polar surface area (TPSA) is 80.0 Å². The predicted molar refractivity (Wildman–Crippen MR) is 79.1 cm³/mol. The standard InChI is InChI=1S/C13H20N4OS/c1-19-13(5-2-3-6-13)9-16-12(18)11-8-10(17-14)4-7-15-11/h4,7-8H,2-3,5-6,9,14H2,1H3,(H,15,17)(H,16,18). The molecule has 1 aliphatic rings. The number of pyridine rings is 1. The number of rotatable bonds is 5. The van der Waals surface area contributed by atoms with Crippen LogP contribution in [0, 0.1) is 0 Å². The van der Waals surface area contributed by atoms with Crippen molar-refractivity contribution in [3.05, 3.63) is 24.0 Å². The Morgan fingerprint density at radius 1 is 1.53 bits per heavy atom. The fraction of sp³-hybridized carbons (Fsp3) is 0.538. The fourth-order valence-electron chi connectivity index (χ4n) is 2.45. The first kappa shape index (κ1) is 14.1. The number of nitrogens with two attached hydrogens (primary N) is 1. The minimum Gasteiger partial charge on any atom is -0.349 e. The van der Waals surface area contributed by atoms with Crippen LogP contribution in [0.25, 0.3) is 0 Å². The van der Waals surface area contributed by atoms with Crippen molar-refractivity contribution >= 4 is 23.4 Å².